The van der Waals surface area contributed by atoms with E-state index in [0.29, 0.717) is 11.4 Å². The number of rotatable bonds is 3. The van der Waals surface area contributed by atoms with Crippen molar-refractivity contribution in [2.45, 2.75) is 31.7 Å². The van der Waals surface area contributed by atoms with Crippen LogP contribution in [0.5, 0.6) is 0 Å². The zero-order valence-corrected chi connectivity index (χ0v) is 14.5. The van der Waals surface area contributed by atoms with Crippen molar-refractivity contribution in [2.24, 2.45) is 0 Å². The summed E-state index contributed by atoms with van der Waals surface area (Å²) in [4.78, 5) is 38.5. The van der Waals surface area contributed by atoms with E-state index in [1.165, 1.54) is 23.1 Å². The third-order valence-corrected chi connectivity index (χ3v) is 5.00. The second kappa shape index (κ2) is 6.83. The van der Waals surface area contributed by atoms with E-state index >= 15 is 0 Å². The van der Waals surface area contributed by atoms with Gasteiger partial charge in [-0.25, -0.2) is 9.18 Å². The Hall–Kier alpha value is -3.22. The van der Waals surface area contributed by atoms with Crippen LogP contribution in [0.15, 0.2) is 48.2 Å². The number of carbonyl (C=O) groups is 3. The van der Waals surface area contributed by atoms with Gasteiger partial charge in [-0.1, -0.05) is 12.8 Å². The van der Waals surface area contributed by atoms with Crippen LogP contribution in [-0.4, -0.2) is 33.4 Å². The van der Waals surface area contributed by atoms with Crippen LogP contribution in [0.25, 0.3) is 11.8 Å². The molecule has 2 aromatic rings. The van der Waals surface area contributed by atoms with Crippen molar-refractivity contribution < 1.29 is 18.8 Å². The molecule has 1 N–H and O–H groups in total. The van der Waals surface area contributed by atoms with Crippen LogP contribution < -0.4 is 5.32 Å². The van der Waals surface area contributed by atoms with Gasteiger partial charge >= 0.3 is 6.03 Å². The molecule has 27 heavy (non-hydrogen) atoms. The van der Waals surface area contributed by atoms with E-state index in [4.69, 9.17) is 0 Å². The van der Waals surface area contributed by atoms with Gasteiger partial charge in [0.1, 0.15) is 11.4 Å². The Morgan fingerprint density at radius 1 is 1.04 bits per heavy atom. The molecule has 1 aromatic heterocycles. The lowest BCUT2D eigenvalue weighted by molar-refractivity contribution is -0.131. The number of hydrogen-bond donors (Lipinski definition) is 1. The highest BCUT2D eigenvalue weighted by Crippen LogP contribution is 2.27. The molecule has 1 saturated carbocycles. The maximum absolute atomic E-state index is 13.2. The number of urea groups is 1. The predicted octanol–water partition coefficient (Wildman–Crippen LogP) is 3.02. The number of halogens is 1. The molecule has 0 radical (unpaired) electrons. The number of nitrogens with one attached hydrogen (secondary N) is 1. The summed E-state index contributed by atoms with van der Waals surface area (Å²) < 4.78 is 14.9. The van der Waals surface area contributed by atoms with Gasteiger partial charge in [0.15, 0.2) is 0 Å². The maximum atomic E-state index is 13.2. The fourth-order valence-electron chi connectivity index (χ4n) is 3.66. The molecule has 4 rings (SSSR count). The lowest BCUT2D eigenvalue weighted by atomic mass is 10.1. The molecule has 6 nitrogen and oxygen atoms in total. The number of imide groups is 2. The molecular weight excluding hydrogens is 349 g/mol. The Labute approximate surface area is 155 Å². The summed E-state index contributed by atoms with van der Waals surface area (Å²) in [6, 6.07) is 8.58. The monoisotopic (exact) mass is 367 g/mol. The summed E-state index contributed by atoms with van der Waals surface area (Å²) >= 11 is 0. The van der Waals surface area contributed by atoms with Crippen molar-refractivity contribution in [3.63, 3.8) is 0 Å². The van der Waals surface area contributed by atoms with Crippen molar-refractivity contribution in [1.82, 2.24) is 14.8 Å². The van der Waals surface area contributed by atoms with Gasteiger partial charge in [-0.15, -0.1) is 0 Å². The Morgan fingerprint density at radius 2 is 1.74 bits per heavy atom. The molecule has 0 spiro atoms. The number of carbonyl (C=O) groups excluding carboxylic acids is 3. The van der Waals surface area contributed by atoms with Crippen LogP contribution in [-0.2, 0) is 9.59 Å². The van der Waals surface area contributed by atoms with Gasteiger partial charge in [-0.05, 0) is 55.3 Å². The van der Waals surface area contributed by atoms with E-state index < -0.39 is 17.8 Å². The van der Waals surface area contributed by atoms with Crippen LogP contribution in [0, 0.1) is 5.82 Å². The average molecular weight is 367 g/mol. The van der Waals surface area contributed by atoms with Crippen LogP contribution in [0.2, 0.25) is 0 Å². The van der Waals surface area contributed by atoms with Crippen molar-refractivity contribution in [3.05, 3.63) is 59.7 Å². The summed E-state index contributed by atoms with van der Waals surface area (Å²) in [5.41, 5.74) is 1.20. The molecule has 4 amide bonds. The predicted molar refractivity (Wildman–Crippen MR) is 96.3 cm³/mol. The minimum Gasteiger partial charge on any atom is -0.317 e. The Morgan fingerprint density at radius 3 is 2.44 bits per heavy atom. The molecule has 0 bridgehead atoms. The summed E-state index contributed by atoms with van der Waals surface area (Å²) in [6.07, 6.45) is 6.66. The molecular formula is C20H18FN3O3. The highest BCUT2D eigenvalue weighted by Gasteiger charge is 2.40. The van der Waals surface area contributed by atoms with Crippen molar-refractivity contribution in [3.8, 4) is 5.69 Å². The zero-order chi connectivity index (χ0) is 19.0. The van der Waals surface area contributed by atoms with Gasteiger partial charge < -0.3 is 4.57 Å². The van der Waals surface area contributed by atoms with Crippen molar-refractivity contribution >= 4 is 23.9 Å². The quantitative estimate of drug-likeness (QED) is 0.670. The number of amides is 4. The first-order valence-corrected chi connectivity index (χ1v) is 8.88. The van der Waals surface area contributed by atoms with Crippen LogP contribution in [0.3, 0.4) is 0 Å². The summed E-state index contributed by atoms with van der Waals surface area (Å²) in [5, 5.41) is 2.27. The Bertz CT molecular complexity index is 940. The molecule has 2 fully saturated rings. The van der Waals surface area contributed by atoms with Gasteiger partial charge in [0.25, 0.3) is 11.8 Å². The van der Waals surface area contributed by atoms with E-state index in [9.17, 15) is 18.8 Å². The molecule has 138 valence electrons. The highest BCUT2D eigenvalue weighted by atomic mass is 19.1. The normalized spacial score (nSPS) is 19.8. The molecule has 1 aliphatic heterocycles. The molecule has 2 aliphatic rings. The number of hydrogen-bond acceptors (Lipinski definition) is 3. The third kappa shape index (κ3) is 3.16. The first-order valence-electron chi connectivity index (χ1n) is 8.88. The largest absolute Gasteiger partial charge is 0.331 e. The minimum atomic E-state index is -0.703. The third-order valence-electron chi connectivity index (χ3n) is 5.00. The van der Waals surface area contributed by atoms with E-state index in [-0.39, 0.29) is 17.4 Å². The number of barbiturate groups is 1. The van der Waals surface area contributed by atoms with E-state index in [1.54, 1.807) is 35.0 Å². The number of nitrogens with zero attached hydrogens (tertiary/aromatic N) is 2. The fourth-order valence-corrected chi connectivity index (χ4v) is 3.66. The van der Waals surface area contributed by atoms with E-state index in [2.05, 4.69) is 5.32 Å². The molecule has 7 heteroatoms. The smallest absolute Gasteiger partial charge is 0.317 e. The molecule has 0 atom stereocenters. The fraction of sp³-hybridized carbons (Fsp3) is 0.250. The van der Waals surface area contributed by atoms with Gasteiger partial charge in [0, 0.05) is 23.6 Å². The molecule has 1 saturated heterocycles. The molecule has 0 unspecified atom stereocenters. The number of benzene rings is 1. The number of aromatic nitrogens is 1. The second-order valence-corrected chi connectivity index (χ2v) is 6.71. The van der Waals surface area contributed by atoms with Gasteiger partial charge in [-0.2, -0.15) is 0 Å². The second-order valence-electron chi connectivity index (χ2n) is 6.71. The summed E-state index contributed by atoms with van der Waals surface area (Å²) in [7, 11) is 0. The zero-order valence-electron chi connectivity index (χ0n) is 14.5. The van der Waals surface area contributed by atoms with Gasteiger partial charge in [0.2, 0.25) is 0 Å². The van der Waals surface area contributed by atoms with Crippen molar-refractivity contribution in [2.75, 3.05) is 0 Å². The van der Waals surface area contributed by atoms with Crippen LogP contribution in [0.1, 0.15) is 31.4 Å². The topological polar surface area (TPSA) is 71.4 Å². The molecule has 1 aliphatic carbocycles. The first kappa shape index (κ1) is 17.2. The average Bonchev–Trinajstić information content (AvgIpc) is 3.31. The standard InChI is InChI=1S/C20H18FN3O3/c21-13-7-9-14(10-8-13)23-11-3-6-16(23)12-17-18(25)22-20(27)24(19(17)26)15-4-1-2-5-15/h3,6-12,15H,1-2,4-5H2,(H,22,25,27)/b17-12+. The maximum Gasteiger partial charge on any atom is 0.331 e. The van der Waals surface area contributed by atoms with Gasteiger partial charge in [-0.3, -0.25) is 19.8 Å². The van der Waals surface area contributed by atoms with Crippen LogP contribution in [0.4, 0.5) is 9.18 Å². The van der Waals surface area contributed by atoms with Crippen LogP contribution >= 0.6 is 0 Å². The lowest BCUT2D eigenvalue weighted by Crippen LogP contribution is -2.57. The highest BCUT2D eigenvalue weighted by molar-refractivity contribution is 6.31. The van der Waals surface area contributed by atoms with E-state index in [1.807, 2.05) is 0 Å². The Balaban J connectivity index is 1.70. The summed E-state index contributed by atoms with van der Waals surface area (Å²) in [5.74, 6) is -1.62. The SMILES string of the molecule is O=C1NC(=O)N(C2CCCC2)C(=O)/C1=C/c1cccn1-c1ccc(F)cc1. The van der Waals surface area contributed by atoms with E-state index in [0.717, 1.165) is 25.7 Å². The molecule has 2 heterocycles. The first-order chi connectivity index (χ1) is 13.0. The van der Waals surface area contributed by atoms with Crippen molar-refractivity contribution in [1.29, 1.82) is 0 Å². The van der Waals surface area contributed by atoms with Gasteiger partial charge in [0.05, 0.1) is 0 Å². The summed E-state index contributed by atoms with van der Waals surface area (Å²) in [6.45, 7) is 0. The molecule has 1 aromatic carbocycles. The lowest BCUT2D eigenvalue weighted by Gasteiger charge is -2.31. The Kier molecular flexibility index (Phi) is 4.35. The minimum absolute atomic E-state index is 0.0800.